The molecular formula is C15H24N2O2. The Bertz CT molecular complexity index is 376. The summed E-state index contributed by atoms with van der Waals surface area (Å²) in [6.45, 7) is 6.14. The lowest BCUT2D eigenvalue weighted by atomic mass is 9.99. The van der Waals surface area contributed by atoms with Crippen LogP contribution in [0.1, 0.15) is 55.6 Å². The van der Waals surface area contributed by atoms with Crippen molar-refractivity contribution in [3.8, 4) is 0 Å². The van der Waals surface area contributed by atoms with E-state index in [-0.39, 0.29) is 5.56 Å². The van der Waals surface area contributed by atoms with Crippen molar-refractivity contribution >= 4 is 5.97 Å². The van der Waals surface area contributed by atoms with Crippen LogP contribution in [0.5, 0.6) is 0 Å². The molecule has 0 radical (unpaired) electrons. The number of nitrogens with one attached hydrogen (secondary N) is 1. The van der Waals surface area contributed by atoms with Crippen molar-refractivity contribution in [2.45, 2.75) is 46.1 Å². The maximum atomic E-state index is 10.7. The SMILES string of the molecule is CCCCC(CC)CNCc1ccc(C(=O)O)cn1. The summed E-state index contributed by atoms with van der Waals surface area (Å²) >= 11 is 0. The van der Waals surface area contributed by atoms with Crippen LogP contribution < -0.4 is 5.32 Å². The van der Waals surface area contributed by atoms with Gasteiger partial charge in [0, 0.05) is 12.7 Å². The second-order valence-corrected chi connectivity index (χ2v) is 4.89. The van der Waals surface area contributed by atoms with Crippen LogP contribution in [0.3, 0.4) is 0 Å². The fourth-order valence-corrected chi connectivity index (χ4v) is 2.00. The highest BCUT2D eigenvalue weighted by Crippen LogP contribution is 2.11. The Morgan fingerprint density at radius 2 is 2.21 bits per heavy atom. The normalized spacial score (nSPS) is 12.3. The zero-order valence-corrected chi connectivity index (χ0v) is 11.9. The molecule has 0 aliphatic heterocycles. The monoisotopic (exact) mass is 264 g/mol. The maximum Gasteiger partial charge on any atom is 0.337 e. The first-order chi connectivity index (χ1) is 9.17. The summed E-state index contributed by atoms with van der Waals surface area (Å²) in [5, 5.41) is 12.2. The molecule has 0 saturated carbocycles. The molecular weight excluding hydrogens is 240 g/mol. The van der Waals surface area contributed by atoms with Crippen LogP contribution in [0.2, 0.25) is 0 Å². The Labute approximate surface area is 115 Å². The smallest absolute Gasteiger partial charge is 0.337 e. The van der Waals surface area contributed by atoms with Crippen LogP contribution in [0.25, 0.3) is 0 Å². The van der Waals surface area contributed by atoms with Crippen LogP contribution in [-0.2, 0) is 6.54 Å². The Kier molecular flexibility index (Phi) is 7.11. The lowest BCUT2D eigenvalue weighted by Crippen LogP contribution is -2.22. The zero-order chi connectivity index (χ0) is 14.1. The van der Waals surface area contributed by atoms with E-state index in [4.69, 9.17) is 5.11 Å². The third kappa shape index (κ3) is 5.83. The number of nitrogens with zero attached hydrogens (tertiary/aromatic N) is 1. The van der Waals surface area contributed by atoms with Gasteiger partial charge >= 0.3 is 5.97 Å². The number of rotatable bonds is 9. The molecule has 106 valence electrons. The number of hydrogen-bond acceptors (Lipinski definition) is 3. The zero-order valence-electron chi connectivity index (χ0n) is 11.9. The summed E-state index contributed by atoms with van der Waals surface area (Å²) in [5.41, 5.74) is 1.12. The quantitative estimate of drug-likeness (QED) is 0.719. The molecule has 0 spiro atoms. The number of aromatic carboxylic acids is 1. The van der Waals surface area contributed by atoms with Gasteiger partial charge < -0.3 is 10.4 Å². The molecule has 0 saturated heterocycles. The van der Waals surface area contributed by atoms with E-state index in [1.54, 1.807) is 12.1 Å². The minimum Gasteiger partial charge on any atom is -0.478 e. The molecule has 1 unspecified atom stereocenters. The van der Waals surface area contributed by atoms with Gasteiger partial charge in [0.15, 0.2) is 0 Å². The summed E-state index contributed by atoms with van der Waals surface area (Å²) in [7, 11) is 0. The van der Waals surface area contributed by atoms with E-state index in [2.05, 4.69) is 24.1 Å². The third-order valence-corrected chi connectivity index (χ3v) is 3.35. The van der Waals surface area contributed by atoms with Crippen molar-refractivity contribution in [3.63, 3.8) is 0 Å². The Balaban J connectivity index is 2.33. The van der Waals surface area contributed by atoms with Gasteiger partial charge in [-0.05, 0) is 31.0 Å². The molecule has 2 N–H and O–H groups in total. The van der Waals surface area contributed by atoms with E-state index in [0.717, 1.165) is 18.2 Å². The molecule has 0 bridgehead atoms. The Hall–Kier alpha value is -1.42. The number of carboxylic acid groups (broad SMARTS) is 1. The standard InChI is InChI=1S/C15H24N2O2/c1-3-5-6-12(4-2)9-16-11-14-8-7-13(10-17-14)15(18)19/h7-8,10,12,16H,3-6,9,11H2,1-2H3,(H,18,19). The first-order valence-electron chi connectivity index (χ1n) is 7.06. The lowest BCUT2D eigenvalue weighted by Gasteiger charge is -2.15. The first-order valence-corrected chi connectivity index (χ1v) is 7.06. The van der Waals surface area contributed by atoms with Gasteiger partial charge in [-0.15, -0.1) is 0 Å². The van der Waals surface area contributed by atoms with Crippen molar-refractivity contribution in [1.29, 1.82) is 0 Å². The molecule has 1 aromatic heterocycles. The molecule has 1 atom stereocenters. The van der Waals surface area contributed by atoms with E-state index >= 15 is 0 Å². The molecule has 4 nitrogen and oxygen atoms in total. The topological polar surface area (TPSA) is 62.2 Å². The van der Waals surface area contributed by atoms with Gasteiger partial charge in [-0.1, -0.05) is 33.1 Å². The second kappa shape index (κ2) is 8.64. The lowest BCUT2D eigenvalue weighted by molar-refractivity contribution is 0.0696. The van der Waals surface area contributed by atoms with Crippen LogP contribution in [0.4, 0.5) is 0 Å². The van der Waals surface area contributed by atoms with E-state index in [9.17, 15) is 4.79 Å². The van der Waals surface area contributed by atoms with Gasteiger partial charge in [0.25, 0.3) is 0 Å². The molecule has 0 amide bonds. The van der Waals surface area contributed by atoms with Crippen molar-refractivity contribution in [2.75, 3.05) is 6.54 Å². The average Bonchev–Trinajstić information content (AvgIpc) is 2.43. The molecule has 0 fully saturated rings. The number of aromatic nitrogens is 1. The van der Waals surface area contributed by atoms with E-state index in [1.807, 2.05) is 0 Å². The summed E-state index contributed by atoms with van der Waals surface area (Å²) in [4.78, 5) is 14.8. The predicted molar refractivity (Wildman–Crippen MR) is 76.2 cm³/mol. The maximum absolute atomic E-state index is 10.7. The largest absolute Gasteiger partial charge is 0.478 e. The highest BCUT2D eigenvalue weighted by molar-refractivity contribution is 5.87. The summed E-state index contributed by atoms with van der Waals surface area (Å²) in [6, 6.07) is 3.37. The van der Waals surface area contributed by atoms with Gasteiger partial charge in [-0.25, -0.2) is 4.79 Å². The molecule has 0 aromatic carbocycles. The molecule has 0 aliphatic carbocycles. The second-order valence-electron chi connectivity index (χ2n) is 4.89. The van der Waals surface area contributed by atoms with Gasteiger partial charge in [-0.2, -0.15) is 0 Å². The molecule has 1 rings (SSSR count). The van der Waals surface area contributed by atoms with Crippen LogP contribution in [0, 0.1) is 5.92 Å². The minimum atomic E-state index is -0.933. The van der Waals surface area contributed by atoms with Crippen molar-refractivity contribution in [3.05, 3.63) is 29.6 Å². The minimum absolute atomic E-state index is 0.234. The Morgan fingerprint density at radius 1 is 1.42 bits per heavy atom. The Morgan fingerprint density at radius 3 is 2.74 bits per heavy atom. The highest BCUT2D eigenvalue weighted by atomic mass is 16.4. The van der Waals surface area contributed by atoms with Crippen molar-refractivity contribution < 1.29 is 9.90 Å². The summed E-state index contributed by atoms with van der Waals surface area (Å²) < 4.78 is 0. The number of pyridine rings is 1. The fourth-order valence-electron chi connectivity index (χ4n) is 2.00. The van der Waals surface area contributed by atoms with Crippen LogP contribution >= 0.6 is 0 Å². The number of hydrogen-bond donors (Lipinski definition) is 2. The van der Waals surface area contributed by atoms with Crippen molar-refractivity contribution in [2.24, 2.45) is 5.92 Å². The van der Waals surface area contributed by atoms with E-state index < -0.39 is 5.97 Å². The number of unbranched alkanes of at least 4 members (excludes halogenated alkanes) is 1. The first kappa shape index (κ1) is 15.6. The van der Waals surface area contributed by atoms with E-state index in [0.29, 0.717) is 6.54 Å². The summed E-state index contributed by atoms with van der Waals surface area (Å²) in [5.74, 6) is -0.212. The van der Waals surface area contributed by atoms with Gasteiger partial charge in [0.05, 0.1) is 11.3 Å². The fraction of sp³-hybridized carbons (Fsp3) is 0.600. The van der Waals surface area contributed by atoms with Crippen LogP contribution in [0.15, 0.2) is 18.3 Å². The average molecular weight is 264 g/mol. The molecule has 0 aliphatic rings. The molecule has 4 heteroatoms. The van der Waals surface area contributed by atoms with Crippen molar-refractivity contribution in [1.82, 2.24) is 10.3 Å². The van der Waals surface area contributed by atoms with Gasteiger partial charge in [0.2, 0.25) is 0 Å². The van der Waals surface area contributed by atoms with E-state index in [1.165, 1.54) is 31.9 Å². The summed E-state index contributed by atoms with van der Waals surface area (Å²) in [6.07, 6.45) is 6.40. The molecule has 1 aromatic rings. The van der Waals surface area contributed by atoms with Gasteiger partial charge in [0.1, 0.15) is 0 Å². The molecule has 19 heavy (non-hydrogen) atoms. The third-order valence-electron chi connectivity index (χ3n) is 3.35. The predicted octanol–water partition coefficient (Wildman–Crippen LogP) is 3.09. The van der Waals surface area contributed by atoms with Crippen LogP contribution in [-0.4, -0.2) is 22.6 Å². The molecule has 1 heterocycles. The van der Waals surface area contributed by atoms with Gasteiger partial charge in [-0.3, -0.25) is 4.98 Å². The number of carboxylic acids is 1. The number of carbonyl (C=O) groups is 1. The highest BCUT2D eigenvalue weighted by Gasteiger charge is 2.06.